The minimum absolute atomic E-state index is 0.0291. The SMILES string of the molecule is Cn1cncc1CCCC(=O)c1ccc(O)c2[nH]c(-c3cccs3)nc12. The quantitative estimate of drug-likeness (QED) is 0.506. The van der Waals surface area contributed by atoms with Crippen LogP contribution >= 0.6 is 11.3 Å². The molecule has 0 aliphatic rings. The van der Waals surface area contributed by atoms with E-state index in [1.54, 1.807) is 29.8 Å². The zero-order valence-electron chi connectivity index (χ0n) is 14.3. The molecule has 4 aromatic rings. The Morgan fingerprint density at radius 3 is 2.96 bits per heavy atom. The number of aromatic nitrogens is 4. The number of rotatable bonds is 6. The molecule has 0 saturated heterocycles. The lowest BCUT2D eigenvalue weighted by Crippen LogP contribution is -2.02. The summed E-state index contributed by atoms with van der Waals surface area (Å²) in [5.74, 6) is 0.795. The minimum Gasteiger partial charge on any atom is -0.506 e. The van der Waals surface area contributed by atoms with E-state index in [4.69, 9.17) is 0 Å². The maximum absolute atomic E-state index is 12.7. The monoisotopic (exact) mass is 366 g/mol. The molecule has 0 spiro atoms. The molecule has 3 aromatic heterocycles. The number of nitrogens with zero attached hydrogens (tertiary/aromatic N) is 3. The number of nitrogens with one attached hydrogen (secondary N) is 1. The van der Waals surface area contributed by atoms with Gasteiger partial charge in [0.2, 0.25) is 0 Å². The van der Waals surface area contributed by atoms with Gasteiger partial charge in [0.05, 0.1) is 11.2 Å². The third kappa shape index (κ3) is 3.01. The molecule has 0 aliphatic heterocycles. The van der Waals surface area contributed by atoms with E-state index in [2.05, 4.69) is 15.0 Å². The van der Waals surface area contributed by atoms with Crippen LogP contribution in [0, 0.1) is 0 Å². The van der Waals surface area contributed by atoms with Crippen LogP contribution in [0.2, 0.25) is 0 Å². The molecule has 7 heteroatoms. The Morgan fingerprint density at radius 1 is 1.35 bits per heavy atom. The molecule has 0 aliphatic carbocycles. The van der Waals surface area contributed by atoms with Crippen molar-refractivity contribution in [2.45, 2.75) is 19.3 Å². The van der Waals surface area contributed by atoms with Gasteiger partial charge >= 0.3 is 0 Å². The van der Waals surface area contributed by atoms with Crippen molar-refractivity contribution in [2.24, 2.45) is 7.05 Å². The molecule has 0 saturated carbocycles. The van der Waals surface area contributed by atoms with E-state index < -0.39 is 0 Å². The number of Topliss-reactive ketones (excluding diaryl/α,β-unsaturated/α-hetero) is 1. The summed E-state index contributed by atoms with van der Waals surface area (Å²) in [6.07, 6.45) is 5.54. The van der Waals surface area contributed by atoms with Crippen LogP contribution in [0.4, 0.5) is 0 Å². The molecule has 1 aromatic carbocycles. The number of thiophene rings is 1. The highest BCUT2D eigenvalue weighted by Crippen LogP contribution is 2.31. The predicted octanol–water partition coefficient (Wildman–Crippen LogP) is 3.94. The first kappa shape index (κ1) is 16.5. The van der Waals surface area contributed by atoms with Gasteiger partial charge in [-0.2, -0.15) is 0 Å². The number of hydrogen-bond donors (Lipinski definition) is 2. The summed E-state index contributed by atoms with van der Waals surface area (Å²) in [6, 6.07) is 7.10. The largest absolute Gasteiger partial charge is 0.506 e. The first-order valence-corrected chi connectivity index (χ1v) is 9.25. The smallest absolute Gasteiger partial charge is 0.165 e. The Hall–Kier alpha value is -2.93. The zero-order chi connectivity index (χ0) is 18.1. The third-order valence-electron chi connectivity index (χ3n) is 4.43. The first-order chi connectivity index (χ1) is 12.6. The van der Waals surface area contributed by atoms with Crippen LogP contribution in [0.1, 0.15) is 28.9 Å². The summed E-state index contributed by atoms with van der Waals surface area (Å²) in [4.78, 5) is 25.5. The number of H-pyrrole nitrogens is 1. The molecular weight excluding hydrogens is 348 g/mol. The lowest BCUT2D eigenvalue weighted by atomic mass is 10.0. The lowest BCUT2D eigenvalue weighted by molar-refractivity contribution is 0.0981. The Bertz CT molecular complexity index is 1060. The Balaban J connectivity index is 1.58. The average Bonchev–Trinajstić information content (AvgIpc) is 3.35. The highest BCUT2D eigenvalue weighted by Gasteiger charge is 2.17. The van der Waals surface area contributed by atoms with Gasteiger partial charge < -0.3 is 14.7 Å². The summed E-state index contributed by atoms with van der Waals surface area (Å²) >= 11 is 1.56. The molecular formula is C19H18N4O2S. The van der Waals surface area contributed by atoms with Gasteiger partial charge in [0, 0.05) is 30.9 Å². The number of fused-ring (bicyclic) bond motifs is 1. The number of carbonyl (C=O) groups is 1. The number of hydrogen-bond acceptors (Lipinski definition) is 5. The van der Waals surface area contributed by atoms with Crippen LogP contribution in [-0.2, 0) is 13.5 Å². The number of aromatic hydroxyl groups is 1. The summed E-state index contributed by atoms with van der Waals surface area (Å²) in [6.45, 7) is 0. The zero-order valence-corrected chi connectivity index (χ0v) is 15.1. The summed E-state index contributed by atoms with van der Waals surface area (Å²) in [5, 5.41) is 12.1. The number of imidazole rings is 2. The van der Waals surface area contributed by atoms with Crippen LogP contribution in [-0.4, -0.2) is 30.4 Å². The fourth-order valence-corrected chi connectivity index (χ4v) is 3.69. The van der Waals surface area contributed by atoms with E-state index in [9.17, 15) is 9.90 Å². The van der Waals surface area contributed by atoms with Crippen molar-refractivity contribution in [3.8, 4) is 16.5 Å². The summed E-state index contributed by atoms with van der Waals surface area (Å²) in [7, 11) is 1.95. The second-order valence-corrected chi connectivity index (χ2v) is 7.14. The van der Waals surface area contributed by atoms with Crippen LogP contribution < -0.4 is 0 Å². The van der Waals surface area contributed by atoms with E-state index in [0.29, 0.717) is 28.8 Å². The Kier molecular flexibility index (Phi) is 4.30. The predicted molar refractivity (Wildman–Crippen MR) is 102 cm³/mol. The highest BCUT2D eigenvalue weighted by atomic mass is 32.1. The van der Waals surface area contributed by atoms with Gasteiger partial charge in [-0.25, -0.2) is 9.97 Å². The van der Waals surface area contributed by atoms with Crippen molar-refractivity contribution in [3.05, 3.63) is 53.4 Å². The van der Waals surface area contributed by atoms with Gasteiger partial charge in [-0.1, -0.05) is 6.07 Å². The van der Waals surface area contributed by atoms with Gasteiger partial charge in [-0.3, -0.25) is 4.79 Å². The third-order valence-corrected chi connectivity index (χ3v) is 5.31. The molecule has 4 rings (SSSR count). The number of carbonyl (C=O) groups excluding carboxylic acids is 1. The van der Waals surface area contributed by atoms with Gasteiger partial charge in [0.25, 0.3) is 0 Å². The summed E-state index contributed by atoms with van der Waals surface area (Å²) < 4.78 is 1.96. The number of ketones is 1. The number of aromatic amines is 1. The fraction of sp³-hybridized carbons (Fsp3) is 0.211. The number of phenols is 1. The van der Waals surface area contributed by atoms with Gasteiger partial charge in [0.15, 0.2) is 5.78 Å². The van der Waals surface area contributed by atoms with E-state index >= 15 is 0 Å². The van der Waals surface area contributed by atoms with Gasteiger partial charge in [-0.05, 0) is 36.4 Å². The molecule has 26 heavy (non-hydrogen) atoms. The van der Waals surface area contributed by atoms with Crippen molar-refractivity contribution in [3.63, 3.8) is 0 Å². The second-order valence-electron chi connectivity index (χ2n) is 6.19. The topological polar surface area (TPSA) is 83.8 Å². The first-order valence-electron chi connectivity index (χ1n) is 8.37. The van der Waals surface area contributed by atoms with Crippen molar-refractivity contribution in [1.82, 2.24) is 19.5 Å². The van der Waals surface area contributed by atoms with E-state index in [1.165, 1.54) is 0 Å². The highest BCUT2D eigenvalue weighted by molar-refractivity contribution is 7.13. The average molecular weight is 366 g/mol. The maximum atomic E-state index is 12.7. The van der Waals surface area contributed by atoms with Crippen LogP contribution in [0.15, 0.2) is 42.2 Å². The molecule has 0 fully saturated rings. The number of aryl methyl sites for hydroxylation is 2. The van der Waals surface area contributed by atoms with E-state index in [1.807, 2.05) is 35.3 Å². The van der Waals surface area contributed by atoms with E-state index in [0.717, 1.165) is 23.4 Å². The van der Waals surface area contributed by atoms with Crippen LogP contribution in [0.25, 0.3) is 21.7 Å². The molecule has 0 bridgehead atoms. The Morgan fingerprint density at radius 2 is 2.23 bits per heavy atom. The number of benzene rings is 1. The molecule has 3 heterocycles. The lowest BCUT2D eigenvalue weighted by Gasteiger charge is -2.04. The van der Waals surface area contributed by atoms with Crippen LogP contribution in [0.3, 0.4) is 0 Å². The van der Waals surface area contributed by atoms with Crippen molar-refractivity contribution in [2.75, 3.05) is 0 Å². The molecule has 132 valence electrons. The molecule has 2 N–H and O–H groups in total. The van der Waals surface area contributed by atoms with Crippen molar-refractivity contribution >= 4 is 28.2 Å². The van der Waals surface area contributed by atoms with E-state index in [-0.39, 0.29) is 11.5 Å². The van der Waals surface area contributed by atoms with Gasteiger partial charge in [0.1, 0.15) is 22.6 Å². The molecule has 0 radical (unpaired) electrons. The normalized spacial score (nSPS) is 11.3. The van der Waals surface area contributed by atoms with Crippen molar-refractivity contribution < 1.29 is 9.90 Å². The molecule has 0 unspecified atom stereocenters. The minimum atomic E-state index is 0.0291. The van der Waals surface area contributed by atoms with Gasteiger partial charge in [-0.15, -0.1) is 11.3 Å². The van der Waals surface area contributed by atoms with Crippen molar-refractivity contribution in [1.29, 1.82) is 0 Å². The fourth-order valence-electron chi connectivity index (χ4n) is 3.02. The molecule has 0 atom stereocenters. The van der Waals surface area contributed by atoms with Crippen LogP contribution in [0.5, 0.6) is 5.75 Å². The molecule has 0 amide bonds. The second kappa shape index (κ2) is 6.76. The maximum Gasteiger partial charge on any atom is 0.165 e. The number of phenolic OH excluding ortho intramolecular Hbond substituents is 1. The Labute approximate surface area is 154 Å². The standard InChI is InChI=1S/C19H18N4O2S/c1-23-11-20-10-12(23)4-2-5-14(24)13-7-8-15(25)18-17(13)21-19(22-18)16-6-3-9-26-16/h3,6-11,25H,2,4-5H2,1H3,(H,21,22). The molecule has 6 nitrogen and oxygen atoms in total. The summed E-state index contributed by atoms with van der Waals surface area (Å²) in [5.41, 5.74) is 2.68.